The molecule has 2 unspecified atom stereocenters. The van der Waals surface area contributed by atoms with E-state index in [9.17, 15) is 0 Å². The van der Waals surface area contributed by atoms with Crippen LogP contribution in [0.3, 0.4) is 0 Å². The molecule has 1 N–H and O–H groups in total. The molecular formula is C46H34N4. The molecule has 0 radical (unpaired) electrons. The number of aromatic nitrogens is 2. The van der Waals surface area contributed by atoms with E-state index < -0.39 is 0 Å². The molecule has 0 spiro atoms. The highest BCUT2D eigenvalue weighted by Crippen LogP contribution is 2.39. The van der Waals surface area contributed by atoms with Crippen LogP contribution in [0.15, 0.2) is 181 Å². The van der Waals surface area contributed by atoms with Gasteiger partial charge in [-0.3, -0.25) is 0 Å². The summed E-state index contributed by atoms with van der Waals surface area (Å²) >= 11 is 0. The second-order valence-corrected chi connectivity index (χ2v) is 13.2. The van der Waals surface area contributed by atoms with E-state index >= 15 is 0 Å². The lowest BCUT2D eigenvalue weighted by atomic mass is 9.98. The molecule has 0 bridgehead atoms. The Morgan fingerprint density at radius 2 is 1.20 bits per heavy atom. The van der Waals surface area contributed by atoms with Crippen molar-refractivity contribution in [3.05, 3.63) is 182 Å². The second kappa shape index (κ2) is 11.6. The third kappa shape index (κ3) is 4.64. The Morgan fingerprint density at radius 1 is 0.540 bits per heavy atom. The van der Waals surface area contributed by atoms with Gasteiger partial charge in [0, 0.05) is 33.2 Å². The number of hydrogen-bond donors (Lipinski definition) is 1. The summed E-state index contributed by atoms with van der Waals surface area (Å²) in [5, 5.41) is 8.88. The molecule has 2 aromatic heterocycles. The first-order chi connectivity index (χ1) is 24.8. The average molecular weight is 643 g/mol. The minimum absolute atomic E-state index is 0.124. The van der Waals surface area contributed by atoms with Crippen molar-refractivity contribution in [2.75, 3.05) is 0 Å². The Hall–Kier alpha value is -6.39. The van der Waals surface area contributed by atoms with Gasteiger partial charge in [-0.25, -0.2) is 4.99 Å². The van der Waals surface area contributed by atoms with Crippen molar-refractivity contribution in [3.63, 3.8) is 0 Å². The predicted molar refractivity (Wildman–Crippen MR) is 210 cm³/mol. The van der Waals surface area contributed by atoms with E-state index in [2.05, 4.69) is 190 Å². The minimum Gasteiger partial charge on any atom is -0.349 e. The summed E-state index contributed by atoms with van der Waals surface area (Å²) in [5.74, 6) is 1.20. The van der Waals surface area contributed by atoms with Crippen molar-refractivity contribution < 1.29 is 0 Å². The van der Waals surface area contributed by atoms with Gasteiger partial charge in [0.2, 0.25) is 0 Å². The zero-order valence-corrected chi connectivity index (χ0v) is 27.4. The van der Waals surface area contributed by atoms with Gasteiger partial charge in [0.05, 0.1) is 27.8 Å². The molecule has 1 aliphatic heterocycles. The number of aliphatic imine (C=N–C) groups is 1. The standard InChI is InChI=1S/C46H34N4/c1-4-14-31(15-5-1)40-30-45(48-46(47-40)32-16-6-2-7-17-32)50-42-23-13-10-20-36(42)38-26-24-34(29-44(38)50)33-25-27-43-39(28-33)37-21-11-12-22-41(37)49(43)35-18-8-3-9-19-35/h1-16,18-30,32,45H,17H2,(H,47,48). The highest BCUT2D eigenvalue weighted by atomic mass is 15.2. The highest BCUT2D eigenvalue weighted by molar-refractivity contribution is 6.12. The maximum absolute atomic E-state index is 5.20. The number of fused-ring (bicyclic) bond motifs is 6. The Balaban J connectivity index is 1.15. The van der Waals surface area contributed by atoms with E-state index in [1.54, 1.807) is 0 Å². The van der Waals surface area contributed by atoms with Crippen LogP contribution in [0, 0.1) is 5.92 Å². The lowest BCUT2D eigenvalue weighted by molar-refractivity contribution is 0.581. The van der Waals surface area contributed by atoms with Gasteiger partial charge in [-0.2, -0.15) is 0 Å². The molecule has 10 rings (SSSR count). The molecule has 8 aromatic rings. The van der Waals surface area contributed by atoms with Crippen LogP contribution in [0.25, 0.3) is 66.1 Å². The van der Waals surface area contributed by atoms with Crippen molar-refractivity contribution >= 4 is 55.1 Å². The van der Waals surface area contributed by atoms with Gasteiger partial charge >= 0.3 is 0 Å². The first-order valence-corrected chi connectivity index (χ1v) is 17.4. The van der Waals surface area contributed by atoms with Crippen molar-refractivity contribution in [3.8, 4) is 16.8 Å². The Bertz CT molecular complexity index is 2700. The van der Waals surface area contributed by atoms with E-state index in [1.165, 1.54) is 60.4 Å². The second-order valence-electron chi connectivity index (χ2n) is 13.2. The van der Waals surface area contributed by atoms with Crippen LogP contribution in [0.4, 0.5) is 0 Å². The quantitative estimate of drug-likeness (QED) is 0.199. The Kier molecular flexibility index (Phi) is 6.66. The third-order valence-corrected chi connectivity index (χ3v) is 10.3. The highest BCUT2D eigenvalue weighted by Gasteiger charge is 2.26. The van der Waals surface area contributed by atoms with Crippen molar-refractivity contribution in [2.24, 2.45) is 10.9 Å². The van der Waals surface area contributed by atoms with Gasteiger partial charge in [-0.05, 0) is 71.7 Å². The van der Waals surface area contributed by atoms with E-state index in [4.69, 9.17) is 4.99 Å². The molecule has 0 saturated carbocycles. The molecule has 0 amide bonds. The van der Waals surface area contributed by atoms with Gasteiger partial charge in [0.25, 0.3) is 0 Å². The van der Waals surface area contributed by atoms with E-state index in [1.807, 2.05) is 0 Å². The van der Waals surface area contributed by atoms with E-state index in [0.29, 0.717) is 0 Å². The Morgan fingerprint density at radius 3 is 2.00 bits per heavy atom. The first-order valence-electron chi connectivity index (χ1n) is 17.4. The predicted octanol–water partition coefficient (Wildman–Crippen LogP) is 11.2. The monoisotopic (exact) mass is 642 g/mol. The molecule has 6 aromatic carbocycles. The van der Waals surface area contributed by atoms with Crippen LogP contribution < -0.4 is 5.32 Å². The Labute approximate surface area is 290 Å². The number of amidine groups is 1. The molecule has 4 nitrogen and oxygen atoms in total. The average Bonchev–Trinajstić information content (AvgIpc) is 3.71. The topological polar surface area (TPSA) is 34.2 Å². The molecular weight excluding hydrogens is 609 g/mol. The molecule has 2 aliphatic rings. The fourth-order valence-electron chi connectivity index (χ4n) is 7.91. The van der Waals surface area contributed by atoms with Crippen LogP contribution in [0.1, 0.15) is 18.2 Å². The summed E-state index contributed by atoms with van der Waals surface area (Å²) < 4.78 is 4.84. The van der Waals surface area contributed by atoms with Gasteiger partial charge in [0.15, 0.2) is 0 Å². The number of para-hydroxylation sites is 3. The SMILES string of the molecule is C1=CCC(C2=NC(c3ccccc3)=CC(n3c4ccccc4c4ccc(-c5ccc6c(c5)c5ccccc5n6-c5ccccc5)cc43)N2)C=C1. The minimum atomic E-state index is -0.124. The molecule has 2 atom stereocenters. The van der Waals surface area contributed by atoms with Crippen molar-refractivity contribution in [1.82, 2.24) is 14.5 Å². The van der Waals surface area contributed by atoms with E-state index in [-0.39, 0.29) is 12.1 Å². The number of nitrogens with one attached hydrogen (secondary N) is 1. The summed E-state index contributed by atoms with van der Waals surface area (Å²) in [4.78, 5) is 5.20. The molecule has 0 saturated heterocycles. The van der Waals surface area contributed by atoms with Crippen molar-refractivity contribution in [2.45, 2.75) is 12.6 Å². The zero-order valence-electron chi connectivity index (χ0n) is 27.4. The molecule has 4 heteroatoms. The van der Waals surface area contributed by atoms with Crippen molar-refractivity contribution in [1.29, 1.82) is 0 Å². The molecule has 0 fully saturated rings. The van der Waals surface area contributed by atoms with Crippen LogP contribution >= 0.6 is 0 Å². The lowest BCUT2D eigenvalue weighted by Crippen LogP contribution is -2.38. The number of benzene rings is 6. The molecule has 50 heavy (non-hydrogen) atoms. The summed E-state index contributed by atoms with van der Waals surface area (Å²) in [6.45, 7) is 0. The molecule has 3 heterocycles. The fraction of sp³-hybridized carbons (Fsp3) is 0.0652. The summed E-state index contributed by atoms with van der Waals surface area (Å²) in [6.07, 6.45) is 11.8. The maximum atomic E-state index is 5.20. The first kappa shape index (κ1) is 28.6. The summed E-state index contributed by atoms with van der Waals surface area (Å²) in [7, 11) is 0. The normalized spacial score (nSPS) is 17.4. The summed E-state index contributed by atoms with van der Waals surface area (Å²) in [6, 6.07) is 52.6. The molecule has 1 aliphatic carbocycles. The van der Waals surface area contributed by atoms with Crippen LogP contribution in [-0.4, -0.2) is 15.0 Å². The maximum Gasteiger partial charge on any atom is 0.126 e. The van der Waals surface area contributed by atoms with Crippen LogP contribution in [0.2, 0.25) is 0 Å². The number of allylic oxidation sites excluding steroid dienone is 3. The molecule has 238 valence electrons. The number of hydrogen-bond acceptors (Lipinski definition) is 2. The van der Waals surface area contributed by atoms with Crippen LogP contribution in [0.5, 0.6) is 0 Å². The largest absolute Gasteiger partial charge is 0.349 e. The van der Waals surface area contributed by atoms with Gasteiger partial charge in [-0.15, -0.1) is 0 Å². The summed E-state index contributed by atoms with van der Waals surface area (Å²) in [5.41, 5.74) is 10.5. The third-order valence-electron chi connectivity index (χ3n) is 10.3. The zero-order chi connectivity index (χ0) is 33.0. The van der Waals surface area contributed by atoms with Gasteiger partial charge in [0.1, 0.15) is 12.0 Å². The van der Waals surface area contributed by atoms with E-state index in [0.717, 1.165) is 23.5 Å². The van der Waals surface area contributed by atoms with Crippen LogP contribution in [-0.2, 0) is 0 Å². The smallest absolute Gasteiger partial charge is 0.126 e. The van der Waals surface area contributed by atoms with Gasteiger partial charge in [-0.1, -0.05) is 127 Å². The number of rotatable bonds is 5. The lowest BCUT2D eigenvalue weighted by Gasteiger charge is -2.29. The number of nitrogens with zero attached hydrogens (tertiary/aromatic N) is 3. The van der Waals surface area contributed by atoms with Gasteiger partial charge < -0.3 is 14.5 Å². The fourth-order valence-corrected chi connectivity index (χ4v) is 7.91.